The van der Waals surface area contributed by atoms with E-state index < -0.39 is 0 Å². The number of benzene rings is 2. The molecule has 0 saturated carbocycles. The molecule has 2 aromatic heterocycles. The molecule has 0 radical (unpaired) electrons. The Morgan fingerprint density at radius 1 is 1.00 bits per heavy atom. The maximum Gasteiger partial charge on any atom is 0.329 e. The summed E-state index contributed by atoms with van der Waals surface area (Å²) >= 11 is 0. The molecular weight excluding hydrogens is 374 g/mol. The number of hydrogen-bond donors (Lipinski definition) is 0. The van der Waals surface area contributed by atoms with Gasteiger partial charge in [-0.3, -0.25) is 9.13 Å². The van der Waals surface area contributed by atoms with Crippen molar-refractivity contribution in [2.45, 2.75) is 52.1 Å². The molecule has 30 heavy (non-hydrogen) atoms. The predicted octanol–water partition coefficient (Wildman–Crippen LogP) is 4.97. The Labute approximate surface area is 176 Å². The Bertz CT molecular complexity index is 1260. The fourth-order valence-corrected chi connectivity index (χ4v) is 4.76. The number of carbonyl (C=O) groups excluding carboxylic acids is 1. The monoisotopic (exact) mass is 403 g/mol. The summed E-state index contributed by atoms with van der Waals surface area (Å²) in [5.41, 5.74) is 5.44. The Kier molecular flexibility index (Phi) is 5.62. The van der Waals surface area contributed by atoms with E-state index in [-0.39, 0.29) is 11.7 Å². The fourth-order valence-electron chi connectivity index (χ4n) is 4.76. The quantitative estimate of drug-likeness (QED) is 0.390. The topological polar surface area (TPSA) is 48.9 Å². The molecule has 0 fully saturated rings. The number of fused-ring (bicyclic) bond motifs is 2. The maximum atomic E-state index is 13.6. The molecule has 156 valence electrons. The summed E-state index contributed by atoms with van der Waals surface area (Å²) in [7, 11) is 2.05. The van der Waals surface area contributed by atoms with Crippen LogP contribution in [0.3, 0.4) is 0 Å². The van der Waals surface area contributed by atoms with Crippen molar-refractivity contribution in [2.24, 2.45) is 7.05 Å². The number of aldehydes is 1. The highest BCUT2D eigenvalue weighted by molar-refractivity contribution is 5.87. The first-order valence-corrected chi connectivity index (χ1v) is 10.7. The number of hydrogen-bond acceptors (Lipinski definition) is 2. The van der Waals surface area contributed by atoms with Crippen LogP contribution >= 0.6 is 0 Å². The zero-order chi connectivity index (χ0) is 21.3. The molecule has 1 atom stereocenters. The maximum absolute atomic E-state index is 13.6. The molecule has 0 aliphatic heterocycles. The molecule has 0 N–H and O–H groups in total. The first kappa shape index (κ1) is 20.2. The van der Waals surface area contributed by atoms with E-state index in [1.807, 2.05) is 40.4 Å². The van der Waals surface area contributed by atoms with E-state index >= 15 is 0 Å². The molecule has 4 aromatic rings. The SMILES string of the molecule is CCCC(CCC=O)n1c(=O)n(Cc2cn(C)c3cccc(C)c23)c2ccccc21. The molecule has 0 aliphatic carbocycles. The van der Waals surface area contributed by atoms with Gasteiger partial charge in [-0.2, -0.15) is 0 Å². The van der Waals surface area contributed by atoms with Crippen molar-refractivity contribution < 1.29 is 4.79 Å². The van der Waals surface area contributed by atoms with Crippen LogP contribution in [-0.2, 0) is 18.4 Å². The van der Waals surface area contributed by atoms with Gasteiger partial charge in [0.1, 0.15) is 6.29 Å². The molecule has 0 bridgehead atoms. The lowest BCUT2D eigenvalue weighted by atomic mass is 10.1. The summed E-state index contributed by atoms with van der Waals surface area (Å²) in [6, 6.07) is 14.3. The van der Waals surface area contributed by atoms with Crippen LogP contribution in [0.15, 0.2) is 53.5 Å². The van der Waals surface area contributed by atoms with Crippen LogP contribution in [0.5, 0.6) is 0 Å². The first-order chi connectivity index (χ1) is 14.6. The number of rotatable bonds is 8. The molecular formula is C25H29N3O2. The van der Waals surface area contributed by atoms with Gasteiger partial charge in [0.25, 0.3) is 0 Å². The molecule has 5 nitrogen and oxygen atoms in total. The summed E-state index contributed by atoms with van der Waals surface area (Å²) in [5.74, 6) is 0. The van der Waals surface area contributed by atoms with Crippen molar-refractivity contribution in [3.63, 3.8) is 0 Å². The van der Waals surface area contributed by atoms with Crippen molar-refractivity contribution in [3.8, 4) is 0 Å². The Balaban J connectivity index is 1.88. The van der Waals surface area contributed by atoms with Crippen LogP contribution in [0.4, 0.5) is 0 Å². The summed E-state index contributed by atoms with van der Waals surface area (Å²) in [6.45, 7) is 4.77. The third kappa shape index (κ3) is 3.38. The smallest absolute Gasteiger partial charge is 0.329 e. The summed E-state index contributed by atoms with van der Waals surface area (Å²) in [5, 5.41) is 1.22. The minimum atomic E-state index is 0.00568. The molecule has 0 aliphatic rings. The van der Waals surface area contributed by atoms with Gasteiger partial charge in [-0.1, -0.05) is 37.6 Å². The molecule has 0 saturated heterocycles. The van der Waals surface area contributed by atoms with Crippen molar-refractivity contribution in [1.82, 2.24) is 13.7 Å². The molecule has 5 heteroatoms. The summed E-state index contributed by atoms with van der Waals surface area (Å²) < 4.78 is 5.94. The number of imidazole rings is 1. The summed E-state index contributed by atoms with van der Waals surface area (Å²) in [6.07, 6.45) is 6.10. The van der Waals surface area contributed by atoms with Gasteiger partial charge in [-0.05, 0) is 49.1 Å². The second-order valence-electron chi connectivity index (χ2n) is 8.15. The molecule has 4 rings (SSSR count). The van der Waals surface area contributed by atoms with Crippen molar-refractivity contribution in [1.29, 1.82) is 0 Å². The number of nitrogens with zero attached hydrogens (tertiary/aromatic N) is 3. The minimum Gasteiger partial charge on any atom is -0.350 e. The standard InChI is InChI=1S/C25H29N3O2/c1-4-9-20(11-8-15-29)28-22-13-6-5-12-21(22)27(25(28)30)17-19-16-26(3)23-14-7-10-18(2)24(19)23/h5-7,10,12-16,20H,4,8-9,11,17H2,1-3H3. The van der Waals surface area contributed by atoms with E-state index in [0.29, 0.717) is 19.4 Å². The lowest BCUT2D eigenvalue weighted by Crippen LogP contribution is -2.28. The normalized spacial score (nSPS) is 12.6. The summed E-state index contributed by atoms with van der Waals surface area (Å²) in [4.78, 5) is 24.6. The highest BCUT2D eigenvalue weighted by atomic mass is 16.1. The molecule has 0 spiro atoms. The molecule has 1 unspecified atom stereocenters. The minimum absolute atomic E-state index is 0.00568. The number of aryl methyl sites for hydroxylation is 2. The highest BCUT2D eigenvalue weighted by Gasteiger charge is 2.21. The molecule has 0 amide bonds. The van der Waals surface area contributed by atoms with Crippen LogP contribution < -0.4 is 5.69 Å². The van der Waals surface area contributed by atoms with Gasteiger partial charge in [0.2, 0.25) is 0 Å². The molecule has 2 heterocycles. The average Bonchev–Trinajstić information content (AvgIpc) is 3.21. The Morgan fingerprint density at radius 3 is 2.47 bits per heavy atom. The van der Waals surface area contributed by atoms with Gasteiger partial charge in [0.05, 0.1) is 17.6 Å². The second-order valence-corrected chi connectivity index (χ2v) is 8.15. The van der Waals surface area contributed by atoms with E-state index in [2.05, 4.69) is 42.8 Å². The third-order valence-corrected chi connectivity index (χ3v) is 6.10. The van der Waals surface area contributed by atoms with E-state index in [1.165, 1.54) is 16.5 Å². The van der Waals surface area contributed by atoms with E-state index in [0.717, 1.165) is 35.7 Å². The second kappa shape index (κ2) is 8.34. The van der Waals surface area contributed by atoms with Gasteiger partial charge in [0, 0.05) is 36.6 Å². The highest BCUT2D eigenvalue weighted by Crippen LogP contribution is 2.28. The number of aromatic nitrogens is 3. The zero-order valence-electron chi connectivity index (χ0n) is 18.0. The van der Waals surface area contributed by atoms with Gasteiger partial charge >= 0.3 is 5.69 Å². The van der Waals surface area contributed by atoms with Gasteiger partial charge in [-0.25, -0.2) is 4.79 Å². The van der Waals surface area contributed by atoms with Crippen LogP contribution in [0.1, 0.15) is 49.8 Å². The van der Waals surface area contributed by atoms with Gasteiger partial charge in [0.15, 0.2) is 0 Å². The van der Waals surface area contributed by atoms with Crippen LogP contribution in [0.25, 0.3) is 21.9 Å². The predicted molar refractivity (Wildman–Crippen MR) is 122 cm³/mol. The van der Waals surface area contributed by atoms with Crippen LogP contribution in [0.2, 0.25) is 0 Å². The van der Waals surface area contributed by atoms with Crippen molar-refractivity contribution >= 4 is 28.2 Å². The van der Waals surface area contributed by atoms with Crippen LogP contribution in [0, 0.1) is 6.92 Å². The van der Waals surface area contributed by atoms with E-state index in [4.69, 9.17) is 0 Å². The number of para-hydroxylation sites is 2. The largest absolute Gasteiger partial charge is 0.350 e. The van der Waals surface area contributed by atoms with Crippen LogP contribution in [-0.4, -0.2) is 20.0 Å². The van der Waals surface area contributed by atoms with Gasteiger partial charge < -0.3 is 9.36 Å². The first-order valence-electron chi connectivity index (χ1n) is 10.7. The Hall–Kier alpha value is -3.08. The average molecular weight is 404 g/mol. The number of carbonyl (C=O) groups is 1. The van der Waals surface area contributed by atoms with E-state index in [1.54, 1.807) is 0 Å². The Morgan fingerprint density at radius 2 is 1.73 bits per heavy atom. The van der Waals surface area contributed by atoms with Gasteiger partial charge in [-0.15, -0.1) is 0 Å². The zero-order valence-corrected chi connectivity index (χ0v) is 18.0. The van der Waals surface area contributed by atoms with Crippen molar-refractivity contribution in [3.05, 3.63) is 70.3 Å². The lowest BCUT2D eigenvalue weighted by molar-refractivity contribution is -0.108. The van der Waals surface area contributed by atoms with E-state index in [9.17, 15) is 9.59 Å². The lowest BCUT2D eigenvalue weighted by Gasteiger charge is -2.17. The molecule has 2 aromatic carbocycles. The fraction of sp³-hybridized carbons (Fsp3) is 0.360. The van der Waals surface area contributed by atoms with Crippen molar-refractivity contribution in [2.75, 3.05) is 0 Å². The third-order valence-electron chi connectivity index (χ3n) is 6.10.